The van der Waals surface area contributed by atoms with Crippen molar-refractivity contribution in [2.24, 2.45) is 45.8 Å². The molecule has 2 nitrogen and oxygen atoms in total. The fourth-order valence-electron chi connectivity index (χ4n) is 9.75. The maximum absolute atomic E-state index is 12.1. The summed E-state index contributed by atoms with van der Waals surface area (Å²) < 4.78 is 0. The minimum atomic E-state index is -0.481. The minimum absolute atomic E-state index is 0.0819. The van der Waals surface area contributed by atoms with Crippen LogP contribution in [0.2, 0.25) is 0 Å². The van der Waals surface area contributed by atoms with E-state index in [1.165, 1.54) is 64.2 Å². The molecule has 31 heavy (non-hydrogen) atoms. The highest BCUT2D eigenvalue weighted by atomic mass is 16.3. The first-order chi connectivity index (χ1) is 14.6. The van der Waals surface area contributed by atoms with E-state index in [0.29, 0.717) is 17.3 Å². The number of aliphatic hydroxyl groups is 2. The fraction of sp³-hybridized carbons (Fsp3) is 0.931. The number of aliphatic hydroxyl groups excluding tert-OH is 1. The lowest BCUT2D eigenvalue weighted by Gasteiger charge is -2.61. The van der Waals surface area contributed by atoms with E-state index in [0.717, 1.165) is 30.6 Å². The summed E-state index contributed by atoms with van der Waals surface area (Å²) in [6.45, 7) is 12.0. The van der Waals surface area contributed by atoms with Crippen LogP contribution in [0.3, 0.4) is 0 Å². The zero-order valence-corrected chi connectivity index (χ0v) is 20.9. The second kappa shape index (κ2) is 7.33. The van der Waals surface area contributed by atoms with E-state index in [2.05, 4.69) is 40.7 Å². The Kier molecular flexibility index (Phi) is 5.31. The molecule has 1 unspecified atom stereocenters. The van der Waals surface area contributed by atoms with Gasteiger partial charge in [0.2, 0.25) is 0 Å². The molecule has 8 atom stereocenters. The van der Waals surface area contributed by atoms with Crippen molar-refractivity contribution in [2.75, 3.05) is 0 Å². The van der Waals surface area contributed by atoms with Gasteiger partial charge in [-0.05, 0) is 105 Å². The molecule has 0 heterocycles. The average molecular weight is 429 g/mol. The third-order valence-corrected chi connectivity index (χ3v) is 11.8. The van der Waals surface area contributed by atoms with Gasteiger partial charge >= 0.3 is 0 Å². The zero-order chi connectivity index (χ0) is 22.2. The standard InChI is InChI=1S/C29H48O2/c1-19(2)7-6-8-20(3)29(31)16-12-23-21-9-10-24-26(4,22(21)11-15-27(23,29)5)14-13-25(30)28(24)17-18-28/h10,19-23,25,30-31H,6-9,11-18H2,1-5H3/t20-,21-,22+,23+,25?,26-,27+,29+/m1/s1. The Morgan fingerprint density at radius 3 is 2.32 bits per heavy atom. The van der Waals surface area contributed by atoms with E-state index in [1.54, 1.807) is 5.57 Å². The van der Waals surface area contributed by atoms with Crippen molar-refractivity contribution >= 4 is 0 Å². The van der Waals surface area contributed by atoms with Gasteiger partial charge in [0.05, 0.1) is 11.7 Å². The number of hydrogen-bond donors (Lipinski definition) is 2. The first-order valence-electron chi connectivity index (χ1n) is 13.7. The van der Waals surface area contributed by atoms with Gasteiger partial charge < -0.3 is 10.2 Å². The minimum Gasteiger partial charge on any atom is -0.392 e. The van der Waals surface area contributed by atoms with E-state index in [9.17, 15) is 10.2 Å². The van der Waals surface area contributed by atoms with E-state index < -0.39 is 5.60 Å². The molecule has 4 saturated carbocycles. The topological polar surface area (TPSA) is 40.5 Å². The highest BCUT2D eigenvalue weighted by Gasteiger charge is 2.67. The third kappa shape index (κ3) is 3.02. The van der Waals surface area contributed by atoms with Crippen LogP contribution in [0.5, 0.6) is 0 Å². The molecular formula is C29H48O2. The highest BCUT2D eigenvalue weighted by Crippen LogP contribution is 2.73. The van der Waals surface area contributed by atoms with Crippen LogP contribution in [0.15, 0.2) is 11.6 Å². The first-order valence-corrected chi connectivity index (χ1v) is 13.7. The van der Waals surface area contributed by atoms with Gasteiger partial charge in [-0.25, -0.2) is 0 Å². The summed E-state index contributed by atoms with van der Waals surface area (Å²) in [6.07, 6.45) is 16.7. The summed E-state index contributed by atoms with van der Waals surface area (Å²) in [5.41, 5.74) is 1.70. The molecule has 5 aliphatic rings. The number of hydrogen-bond acceptors (Lipinski definition) is 2. The fourth-order valence-corrected chi connectivity index (χ4v) is 9.75. The first kappa shape index (κ1) is 22.5. The van der Waals surface area contributed by atoms with Crippen LogP contribution >= 0.6 is 0 Å². The second-order valence-electron chi connectivity index (χ2n) is 13.5. The van der Waals surface area contributed by atoms with Gasteiger partial charge in [0, 0.05) is 5.41 Å². The maximum atomic E-state index is 12.1. The molecule has 0 bridgehead atoms. The Balaban J connectivity index is 1.39. The van der Waals surface area contributed by atoms with Gasteiger partial charge in [-0.15, -0.1) is 0 Å². The molecule has 4 fully saturated rings. The molecule has 5 rings (SSSR count). The maximum Gasteiger partial charge on any atom is 0.0729 e. The van der Waals surface area contributed by atoms with E-state index in [-0.39, 0.29) is 16.9 Å². The second-order valence-corrected chi connectivity index (χ2v) is 13.5. The summed E-state index contributed by atoms with van der Waals surface area (Å²) in [5, 5.41) is 22.9. The molecule has 2 heteroatoms. The van der Waals surface area contributed by atoms with Gasteiger partial charge in [-0.3, -0.25) is 0 Å². The van der Waals surface area contributed by atoms with Crippen LogP contribution in [0, 0.1) is 45.8 Å². The van der Waals surface area contributed by atoms with Crippen molar-refractivity contribution in [3.63, 3.8) is 0 Å². The van der Waals surface area contributed by atoms with Crippen molar-refractivity contribution in [2.45, 2.75) is 123 Å². The smallest absolute Gasteiger partial charge is 0.0729 e. The molecule has 176 valence electrons. The predicted octanol–water partition coefficient (Wildman–Crippen LogP) is 6.89. The van der Waals surface area contributed by atoms with Crippen LogP contribution < -0.4 is 0 Å². The molecule has 5 aliphatic carbocycles. The normalized spacial score (nSPS) is 48.7. The van der Waals surface area contributed by atoms with Gasteiger partial charge in [0.25, 0.3) is 0 Å². The molecule has 0 saturated heterocycles. The van der Waals surface area contributed by atoms with Gasteiger partial charge in [-0.1, -0.05) is 59.1 Å². The van der Waals surface area contributed by atoms with Crippen molar-refractivity contribution in [1.29, 1.82) is 0 Å². The lowest BCUT2D eigenvalue weighted by molar-refractivity contribution is -0.152. The summed E-state index contributed by atoms with van der Waals surface area (Å²) in [5.74, 6) is 3.32. The van der Waals surface area contributed by atoms with Crippen molar-refractivity contribution in [3.8, 4) is 0 Å². The summed E-state index contributed by atoms with van der Waals surface area (Å²) in [6, 6.07) is 0. The molecular weight excluding hydrogens is 380 g/mol. The number of rotatable bonds is 5. The molecule has 0 amide bonds. The predicted molar refractivity (Wildman–Crippen MR) is 128 cm³/mol. The Labute approximate surface area is 191 Å². The molecule has 0 aromatic carbocycles. The monoisotopic (exact) mass is 428 g/mol. The lowest BCUT2D eigenvalue weighted by Crippen LogP contribution is -2.57. The molecule has 0 radical (unpaired) electrons. The average Bonchev–Trinajstić information content (AvgIpc) is 3.45. The summed E-state index contributed by atoms with van der Waals surface area (Å²) >= 11 is 0. The zero-order valence-electron chi connectivity index (χ0n) is 20.9. The van der Waals surface area contributed by atoms with Crippen LogP contribution in [-0.2, 0) is 0 Å². The summed E-state index contributed by atoms with van der Waals surface area (Å²) in [7, 11) is 0. The summed E-state index contributed by atoms with van der Waals surface area (Å²) in [4.78, 5) is 0. The van der Waals surface area contributed by atoms with Gasteiger partial charge in [-0.2, -0.15) is 0 Å². The Hall–Kier alpha value is -0.340. The van der Waals surface area contributed by atoms with Crippen molar-refractivity contribution in [1.82, 2.24) is 0 Å². The largest absolute Gasteiger partial charge is 0.392 e. The van der Waals surface area contributed by atoms with E-state index in [4.69, 9.17) is 0 Å². The lowest BCUT2D eigenvalue weighted by atomic mass is 9.45. The van der Waals surface area contributed by atoms with Crippen LogP contribution in [0.1, 0.15) is 112 Å². The quantitative estimate of drug-likeness (QED) is 0.468. The third-order valence-electron chi connectivity index (χ3n) is 11.8. The number of allylic oxidation sites excluding steroid dienone is 1. The van der Waals surface area contributed by atoms with E-state index in [1.807, 2.05) is 0 Å². The molecule has 1 spiro atoms. The van der Waals surface area contributed by atoms with E-state index >= 15 is 0 Å². The molecule has 2 N–H and O–H groups in total. The van der Waals surface area contributed by atoms with Crippen molar-refractivity contribution < 1.29 is 10.2 Å². The Bertz CT molecular complexity index is 735. The van der Waals surface area contributed by atoms with Crippen LogP contribution in [-0.4, -0.2) is 21.9 Å². The Morgan fingerprint density at radius 2 is 1.65 bits per heavy atom. The highest BCUT2D eigenvalue weighted by molar-refractivity contribution is 5.37. The van der Waals surface area contributed by atoms with Crippen molar-refractivity contribution in [3.05, 3.63) is 11.6 Å². The Morgan fingerprint density at radius 1 is 0.935 bits per heavy atom. The SMILES string of the molecule is CC(C)CCC[C@@H](C)[C@@]1(O)CC[C@H]2[C@@H]3CC=C4C5(CC5)C(O)CC[C@]4(C)[C@H]3CC[C@@]21C. The molecule has 0 aromatic rings. The molecule has 0 aliphatic heterocycles. The van der Waals surface area contributed by atoms with Gasteiger partial charge in [0.15, 0.2) is 0 Å². The van der Waals surface area contributed by atoms with Crippen LogP contribution in [0.25, 0.3) is 0 Å². The van der Waals surface area contributed by atoms with Crippen LogP contribution in [0.4, 0.5) is 0 Å². The van der Waals surface area contributed by atoms with Gasteiger partial charge in [0.1, 0.15) is 0 Å². The number of fused-ring (bicyclic) bond motifs is 6. The molecule has 0 aromatic heterocycles.